The van der Waals surface area contributed by atoms with E-state index in [1.165, 1.54) is 0 Å². The molecule has 6 heteroatoms. The van der Waals surface area contributed by atoms with Crippen LogP contribution in [0.3, 0.4) is 0 Å². The summed E-state index contributed by atoms with van der Waals surface area (Å²) in [4.78, 5) is 14.5. The lowest BCUT2D eigenvalue weighted by atomic mass is 10.0. The number of hydrogen-bond acceptors (Lipinski definition) is 4. The van der Waals surface area contributed by atoms with Crippen LogP contribution >= 0.6 is 0 Å². The SMILES string of the molecule is COCCN1CCC(NC(=O)c2cc(C)n(C)n2)CC1. The quantitative estimate of drug-likeness (QED) is 0.856. The number of rotatable bonds is 5. The maximum Gasteiger partial charge on any atom is 0.272 e. The average Bonchev–Trinajstić information content (AvgIpc) is 2.78. The fourth-order valence-electron chi connectivity index (χ4n) is 2.45. The van der Waals surface area contributed by atoms with Crippen LogP contribution in [-0.4, -0.2) is 60.0 Å². The molecule has 0 bridgehead atoms. The summed E-state index contributed by atoms with van der Waals surface area (Å²) in [6, 6.07) is 2.08. The zero-order valence-electron chi connectivity index (χ0n) is 12.6. The molecule has 1 N–H and O–H groups in total. The second-order valence-electron chi connectivity index (χ2n) is 5.38. The number of nitrogens with zero attached hydrogens (tertiary/aromatic N) is 3. The monoisotopic (exact) mass is 280 g/mol. The van der Waals surface area contributed by atoms with Crippen LogP contribution in [0.2, 0.25) is 0 Å². The van der Waals surface area contributed by atoms with Crippen molar-refractivity contribution >= 4 is 5.91 Å². The fraction of sp³-hybridized carbons (Fsp3) is 0.714. The second-order valence-corrected chi connectivity index (χ2v) is 5.38. The Morgan fingerprint density at radius 1 is 1.50 bits per heavy atom. The normalized spacial score (nSPS) is 17.4. The van der Waals surface area contributed by atoms with Crippen molar-refractivity contribution in [3.63, 3.8) is 0 Å². The van der Waals surface area contributed by atoms with Gasteiger partial charge >= 0.3 is 0 Å². The summed E-state index contributed by atoms with van der Waals surface area (Å²) in [6.45, 7) is 5.70. The highest BCUT2D eigenvalue weighted by atomic mass is 16.5. The third kappa shape index (κ3) is 3.80. The molecule has 1 aromatic heterocycles. The Morgan fingerprint density at radius 3 is 2.75 bits per heavy atom. The molecule has 0 aliphatic carbocycles. The van der Waals surface area contributed by atoms with E-state index in [4.69, 9.17) is 4.74 Å². The van der Waals surface area contributed by atoms with Crippen LogP contribution in [0.4, 0.5) is 0 Å². The summed E-state index contributed by atoms with van der Waals surface area (Å²) in [6.07, 6.45) is 1.97. The van der Waals surface area contributed by atoms with Crippen LogP contribution in [0.25, 0.3) is 0 Å². The molecule has 2 rings (SSSR count). The number of aryl methyl sites for hydroxylation is 2. The average molecular weight is 280 g/mol. The first kappa shape index (κ1) is 15.0. The van der Waals surface area contributed by atoms with E-state index in [-0.39, 0.29) is 11.9 Å². The maximum absolute atomic E-state index is 12.1. The minimum absolute atomic E-state index is 0.0657. The van der Waals surface area contributed by atoms with Crippen molar-refractivity contribution in [3.8, 4) is 0 Å². The number of aromatic nitrogens is 2. The minimum atomic E-state index is -0.0657. The van der Waals surface area contributed by atoms with Crippen molar-refractivity contribution in [1.82, 2.24) is 20.0 Å². The topological polar surface area (TPSA) is 59.4 Å². The largest absolute Gasteiger partial charge is 0.383 e. The Bertz CT molecular complexity index is 431. The number of piperidine rings is 1. The first-order valence-corrected chi connectivity index (χ1v) is 7.13. The van der Waals surface area contributed by atoms with Gasteiger partial charge in [0, 0.05) is 45.5 Å². The van der Waals surface area contributed by atoms with E-state index in [0.29, 0.717) is 5.69 Å². The Kier molecular flexibility index (Phi) is 5.14. The van der Waals surface area contributed by atoms with Crippen molar-refractivity contribution < 1.29 is 9.53 Å². The maximum atomic E-state index is 12.1. The molecule has 112 valence electrons. The van der Waals surface area contributed by atoms with Crippen molar-refractivity contribution in [3.05, 3.63) is 17.5 Å². The molecule has 0 spiro atoms. The van der Waals surface area contributed by atoms with Gasteiger partial charge in [-0.1, -0.05) is 0 Å². The van der Waals surface area contributed by atoms with Crippen molar-refractivity contribution in [2.24, 2.45) is 7.05 Å². The summed E-state index contributed by atoms with van der Waals surface area (Å²) in [5, 5.41) is 7.29. The highest BCUT2D eigenvalue weighted by molar-refractivity contribution is 5.92. The number of ether oxygens (including phenoxy) is 1. The van der Waals surface area contributed by atoms with Crippen LogP contribution in [0.1, 0.15) is 29.0 Å². The number of carbonyl (C=O) groups is 1. The van der Waals surface area contributed by atoms with Gasteiger partial charge in [0.25, 0.3) is 5.91 Å². The first-order chi connectivity index (χ1) is 9.60. The molecular formula is C14H24N4O2. The standard InChI is InChI=1S/C14H24N4O2/c1-11-10-13(16-17(11)2)14(19)15-12-4-6-18(7-5-12)8-9-20-3/h10,12H,4-9H2,1-3H3,(H,15,19). The van der Waals surface area contributed by atoms with E-state index in [1.807, 2.05) is 20.0 Å². The second kappa shape index (κ2) is 6.85. The summed E-state index contributed by atoms with van der Waals surface area (Å²) < 4.78 is 6.81. The van der Waals surface area contributed by atoms with Crippen molar-refractivity contribution in [2.75, 3.05) is 33.4 Å². The highest BCUT2D eigenvalue weighted by Crippen LogP contribution is 2.11. The van der Waals surface area contributed by atoms with Gasteiger partial charge in [-0.05, 0) is 25.8 Å². The van der Waals surface area contributed by atoms with Crippen LogP contribution < -0.4 is 5.32 Å². The van der Waals surface area contributed by atoms with E-state index in [1.54, 1.807) is 11.8 Å². The molecule has 6 nitrogen and oxygen atoms in total. The number of amides is 1. The summed E-state index contributed by atoms with van der Waals surface area (Å²) in [5.41, 5.74) is 1.50. The van der Waals surface area contributed by atoms with Gasteiger partial charge in [0.05, 0.1) is 6.61 Å². The van der Waals surface area contributed by atoms with E-state index < -0.39 is 0 Å². The molecule has 1 fully saturated rings. The number of hydrogen-bond donors (Lipinski definition) is 1. The summed E-state index contributed by atoms with van der Waals surface area (Å²) >= 11 is 0. The Labute approximate surface area is 120 Å². The molecule has 1 saturated heterocycles. The molecule has 1 aromatic rings. The van der Waals surface area contributed by atoms with E-state index >= 15 is 0 Å². The molecule has 2 heterocycles. The fourth-order valence-corrected chi connectivity index (χ4v) is 2.45. The van der Waals surface area contributed by atoms with Gasteiger partial charge in [-0.3, -0.25) is 9.48 Å². The van der Waals surface area contributed by atoms with Crippen molar-refractivity contribution in [2.45, 2.75) is 25.8 Å². The van der Waals surface area contributed by atoms with Gasteiger partial charge in [-0.2, -0.15) is 5.10 Å². The molecule has 0 saturated carbocycles. The molecule has 1 aliphatic rings. The van der Waals surface area contributed by atoms with Crippen LogP contribution in [0.5, 0.6) is 0 Å². The number of likely N-dealkylation sites (tertiary alicyclic amines) is 1. The smallest absolute Gasteiger partial charge is 0.272 e. The minimum Gasteiger partial charge on any atom is -0.383 e. The van der Waals surface area contributed by atoms with Crippen LogP contribution in [0, 0.1) is 6.92 Å². The predicted molar refractivity (Wildman–Crippen MR) is 76.7 cm³/mol. The molecular weight excluding hydrogens is 256 g/mol. The molecule has 20 heavy (non-hydrogen) atoms. The summed E-state index contributed by atoms with van der Waals surface area (Å²) in [5.74, 6) is -0.0657. The summed E-state index contributed by atoms with van der Waals surface area (Å²) in [7, 11) is 3.57. The van der Waals surface area contributed by atoms with Crippen molar-refractivity contribution in [1.29, 1.82) is 0 Å². The van der Waals surface area contributed by atoms with Gasteiger partial charge in [-0.15, -0.1) is 0 Å². The third-order valence-corrected chi connectivity index (χ3v) is 3.88. The first-order valence-electron chi connectivity index (χ1n) is 7.13. The predicted octanol–water partition coefficient (Wildman–Crippen LogP) is 0.569. The van der Waals surface area contributed by atoms with Gasteiger partial charge in [0.15, 0.2) is 0 Å². The van der Waals surface area contributed by atoms with Crippen LogP contribution in [0.15, 0.2) is 6.07 Å². The Hall–Kier alpha value is -1.40. The van der Waals surface area contributed by atoms with Crippen LogP contribution in [-0.2, 0) is 11.8 Å². The lowest BCUT2D eigenvalue weighted by Crippen LogP contribution is -2.45. The van der Waals surface area contributed by atoms with Gasteiger partial charge in [0.2, 0.25) is 0 Å². The molecule has 0 unspecified atom stereocenters. The molecule has 1 aliphatic heterocycles. The molecule has 0 radical (unpaired) electrons. The van der Waals surface area contributed by atoms with Gasteiger partial charge in [-0.25, -0.2) is 0 Å². The third-order valence-electron chi connectivity index (χ3n) is 3.88. The lowest BCUT2D eigenvalue weighted by Gasteiger charge is -2.31. The number of nitrogens with one attached hydrogen (secondary N) is 1. The highest BCUT2D eigenvalue weighted by Gasteiger charge is 2.21. The van der Waals surface area contributed by atoms with E-state index in [2.05, 4.69) is 15.3 Å². The Morgan fingerprint density at radius 2 is 2.20 bits per heavy atom. The zero-order chi connectivity index (χ0) is 14.5. The molecule has 0 aromatic carbocycles. The van der Waals surface area contributed by atoms with Gasteiger partial charge < -0.3 is 15.0 Å². The molecule has 1 amide bonds. The Balaban J connectivity index is 1.79. The van der Waals surface area contributed by atoms with E-state index in [9.17, 15) is 4.79 Å². The zero-order valence-corrected chi connectivity index (χ0v) is 12.6. The van der Waals surface area contributed by atoms with Gasteiger partial charge in [0.1, 0.15) is 5.69 Å². The van der Waals surface area contributed by atoms with E-state index in [0.717, 1.165) is 44.8 Å². The number of carbonyl (C=O) groups excluding carboxylic acids is 1. The number of methoxy groups -OCH3 is 1. The lowest BCUT2D eigenvalue weighted by molar-refractivity contribution is 0.0887. The molecule has 0 atom stereocenters.